The molecule has 9 nitrogen and oxygen atoms in total. The van der Waals surface area contributed by atoms with Crippen LogP contribution < -0.4 is 15.4 Å². The summed E-state index contributed by atoms with van der Waals surface area (Å²) in [6, 6.07) is 2.28. The highest BCUT2D eigenvalue weighted by molar-refractivity contribution is 6.17. The molecule has 38 heavy (non-hydrogen) atoms. The van der Waals surface area contributed by atoms with Crippen LogP contribution in [0.3, 0.4) is 0 Å². The highest BCUT2D eigenvalue weighted by Crippen LogP contribution is 2.46. The Morgan fingerprint density at radius 2 is 1.92 bits per heavy atom. The molecule has 206 valence electrons. The Morgan fingerprint density at radius 3 is 2.66 bits per heavy atom. The van der Waals surface area contributed by atoms with Gasteiger partial charge in [-0.2, -0.15) is 4.98 Å². The maximum Gasteiger partial charge on any atom is 0.219 e. The minimum absolute atomic E-state index is 0.0828. The summed E-state index contributed by atoms with van der Waals surface area (Å²) in [5.41, 5.74) is 6.83. The number of nitrogens with zero attached hydrogens (tertiary/aromatic N) is 4. The third kappa shape index (κ3) is 4.62. The first-order valence-electron chi connectivity index (χ1n) is 14.5. The number of piperidine rings is 1. The summed E-state index contributed by atoms with van der Waals surface area (Å²) in [5.74, 6) is 1.60. The Balaban J connectivity index is 1.33. The summed E-state index contributed by atoms with van der Waals surface area (Å²) in [6.45, 7) is 4.98. The lowest BCUT2D eigenvalue weighted by atomic mass is 9.62. The van der Waals surface area contributed by atoms with Gasteiger partial charge in [-0.1, -0.05) is 6.42 Å². The van der Waals surface area contributed by atoms with Crippen LogP contribution in [0.5, 0.6) is 5.88 Å². The van der Waals surface area contributed by atoms with E-state index >= 15 is 0 Å². The third-order valence-corrected chi connectivity index (χ3v) is 9.68. The van der Waals surface area contributed by atoms with Gasteiger partial charge in [-0.15, -0.1) is 0 Å². The van der Waals surface area contributed by atoms with Crippen LogP contribution in [-0.4, -0.2) is 79.0 Å². The van der Waals surface area contributed by atoms with E-state index in [0.29, 0.717) is 61.3 Å². The lowest BCUT2D eigenvalue weighted by Gasteiger charge is -2.48. The normalized spacial score (nSPS) is 31.1. The second-order valence-electron chi connectivity index (χ2n) is 12.3. The molecule has 4 heterocycles. The first-order chi connectivity index (χ1) is 18.4. The molecule has 9 heteroatoms. The molecule has 6 rings (SSSR count). The smallest absolute Gasteiger partial charge is 0.219 e. The predicted octanol–water partition coefficient (Wildman–Crippen LogP) is 3.12. The van der Waals surface area contributed by atoms with E-state index in [2.05, 4.69) is 16.8 Å². The highest BCUT2D eigenvalue weighted by atomic mass is 16.5. The Kier molecular flexibility index (Phi) is 6.93. The van der Waals surface area contributed by atoms with Crippen molar-refractivity contribution >= 4 is 23.1 Å². The number of nitrogens with two attached hydrogens (primary N) is 1. The zero-order chi connectivity index (χ0) is 26.3. The molecule has 1 aromatic heterocycles. The van der Waals surface area contributed by atoms with Gasteiger partial charge in [0.05, 0.1) is 24.3 Å². The maximum atomic E-state index is 13.8. The van der Waals surface area contributed by atoms with Crippen LogP contribution in [-0.2, 0) is 14.3 Å². The average molecular weight is 524 g/mol. The van der Waals surface area contributed by atoms with E-state index in [4.69, 9.17) is 25.2 Å². The fraction of sp³-hybridized carbons (Fsp3) is 0.724. The molecule has 2 aliphatic carbocycles. The molecule has 2 N–H and O–H groups in total. The number of hydrogen-bond donors (Lipinski definition) is 1. The van der Waals surface area contributed by atoms with E-state index in [0.717, 1.165) is 77.2 Å². The number of anilines is 1. The van der Waals surface area contributed by atoms with Gasteiger partial charge in [0.25, 0.3) is 0 Å². The van der Waals surface area contributed by atoms with Crippen molar-refractivity contribution in [2.24, 2.45) is 16.6 Å². The predicted molar refractivity (Wildman–Crippen MR) is 144 cm³/mol. The molecular formula is C29H41N5O4. The number of Topliss-reactive ketones (excluding diaryl/α,β-unsaturated/α-hetero) is 2. The average Bonchev–Trinajstić information content (AvgIpc) is 3.33. The summed E-state index contributed by atoms with van der Waals surface area (Å²) in [6.07, 6.45) is 9.36. The van der Waals surface area contributed by atoms with Crippen LogP contribution in [0.25, 0.3) is 5.70 Å². The van der Waals surface area contributed by atoms with Gasteiger partial charge in [-0.3, -0.25) is 9.59 Å². The second kappa shape index (κ2) is 10.2. The topological polar surface area (TPSA) is 111 Å². The Morgan fingerprint density at radius 1 is 1.08 bits per heavy atom. The van der Waals surface area contributed by atoms with Crippen LogP contribution in [0.2, 0.25) is 0 Å². The second-order valence-corrected chi connectivity index (χ2v) is 12.3. The van der Waals surface area contributed by atoms with Crippen molar-refractivity contribution in [1.82, 2.24) is 14.9 Å². The van der Waals surface area contributed by atoms with E-state index in [1.807, 2.05) is 6.07 Å². The SMILES string of the molecule is CN1CCC[C@H]1COc1cc(N2CCCC3(COC3)C2)nc(/C(N)=C2\CCC[C@@]3(CCCCC3=O)C2=O)n1. The number of rotatable bonds is 5. The molecule has 5 aliphatic rings. The van der Waals surface area contributed by atoms with Gasteiger partial charge in [0.15, 0.2) is 11.6 Å². The standard InChI is InChI=1S/C29H41N5O4/c1-33-13-5-7-20(33)16-38-24-15-23(34-14-6-10-28(17-34)18-37-19-28)31-27(32-24)25(30)21-8-4-12-29(26(21)36)11-3-2-9-22(29)35/h15,20H,2-14,16-19,30H2,1H3/b25-21-/t20-,29+/m0/s1. The first-order valence-corrected chi connectivity index (χ1v) is 14.5. The molecule has 2 atom stereocenters. The molecule has 0 aromatic carbocycles. The van der Waals surface area contributed by atoms with Crippen molar-refractivity contribution in [2.75, 3.05) is 51.4 Å². The van der Waals surface area contributed by atoms with Crippen LogP contribution >= 0.6 is 0 Å². The van der Waals surface area contributed by atoms with Crippen molar-refractivity contribution in [1.29, 1.82) is 0 Å². The number of ketones is 2. The molecule has 3 aliphatic heterocycles. The largest absolute Gasteiger partial charge is 0.476 e. The van der Waals surface area contributed by atoms with Crippen molar-refractivity contribution in [3.05, 3.63) is 17.5 Å². The number of carbonyl (C=O) groups is 2. The Labute approximate surface area is 225 Å². The summed E-state index contributed by atoms with van der Waals surface area (Å²) >= 11 is 0. The molecule has 1 aromatic rings. The van der Waals surface area contributed by atoms with E-state index in [1.165, 1.54) is 6.42 Å². The molecule has 2 spiro atoms. The third-order valence-electron chi connectivity index (χ3n) is 9.68. The van der Waals surface area contributed by atoms with Crippen molar-refractivity contribution in [2.45, 2.75) is 76.7 Å². The number of carbonyl (C=O) groups excluding carboxylic acids is 2. The monoisotopic (exact) mass is 523 g/mol. The molecule has 0 radical (unpaired) electrons. The van der Waals surface area contributed by atoms with Crippen molar-refractivity contribution in [3.63, 3.8) is 0 Å². The lowest BCUT2D eigenvalue weighted by Crippen LogP contribution is -2.54. The van der Waals surface area contributed by atoms with Crippen LogP contribution in [0, 0.1) is 10.8 Å². The van der Waals surface area contributed by atoms with Crippen LogP contribution in [0.1, 0.15) is 76.5 Å². The highest BCUT2D eigenvalue weighted by Gasteiger charge is 2.49. The molecule has 0 amide bonds. The molecule has 5 fully saturated rings. The van der Waals surface area contributed by atoms with Crippen molar-refractivity contribution < 1.29 is 19.1 Å². The molecular weight excluding hydrogens is 482 g/mol. The first kappa shape index (κ1) is 25.7. The Bertz CT molecular complexity index is 1130. The summed E-state index contributed by atoms with van der Waals surface area (Å²) in [7, 11) is 2.13. The minimum atomic E-state index is -0.899. The zero-order valence-corrected chi connectivity index (χ0v) is 22.7. The number of ether oxygens (including phenoxy) is 2. The number of aromatic nitrogens is 2. The molecule has 2 saturated carbocycles. The van der Waals surface area contributed by atoms with E-state index in [1.54, 1.807) is 0 Å². The van der Waals surface area contributed by atoms with Gasteiger partial charge in [-0.05, 0) is 71.4 Å². The summed E-state index contributed by atoms with van der Waals surface area (Å²) in [5, 5.41) is 0. The van der Waals surface area contributed by atoms with Gasteiger partial charge < -0.3 is 25.0 Å². The number of likely N-dealkylation sites (N-methyl/N-ethyl adjacent to an activating group) is 1. The van der Waals surface area contributed by atoms with E-state index in [-0.39, 0.29) is 17.0 Å². The van der Waals surface area contributed by atoms with Gasteiger partial charge in [0, 0.05) is 42.6 Å². The van der Waals surface area contributed by atoms with Gasteiger partial charge in [0.2, 0.25) is 5.88 Å². The van der Waals surface area contributed by atoms with Gasteiger partial charge in [0.1, 0.15) is 18.2 Å². The summed E-state index contributed by atoms with van der Waals surface area (Å²) in [4.78, 5) is 41.0. The Hall–Kier alpha value is -2.52. The van der Waals surface area contributed by atoms with E-state index < -0.39 is 5.41 Å². The van der Waals surface area contributed by atoms with Gasteiger partial charge >= 0.3 is 0 Å². The fourth-order valence-corrected chi connectivity index (χ4v) is 7.24. The molecule has 0 unspecified atom stereocenters. The number of likely N-dealkylation sites (tertiary alicyclic amines) is 1. The summed E-state index contributed by atoms with van der Waals surface area (Å²) < 4.78 is 11.8. The zero-order valence-electron chi connectivity index (χ0n) is 22.7. The fourth-order valence-electron chi connectivity index (χ4n) is 7.24. The number of hydrogen-bond acceptors (Lipinski definition) is 9. The van der Waals surface area contributed by atoms with Crippen LogP contribution in [0.15, 0.2) is 11.6 Å². The van der Waals surface area contributed by atoms with E-state index in [9.17, 15) is 9.59 Å². The number of allylic oxidation sites excluding steroid dienone is 1. The minimum Gasteiger partial charge on any atom is -0.476 e. The maximum absolute atomic E-state index is 13.8. The quantitative estimate of drug-likeness (QED) is 0.460. The van der Waals surface area contributed by atoms with Crippen LogP contribution in [0.4, 0.5) is 5.82 Å². The van der Waals surface area contributed by atoms with Crippen molar-refractivity contribution in [3.8, 4) is 5.88 Å². The lowest BCUT2D eigenvalue weighted by molar-refractivity contribution is -0.143. The molecule has 0 bridgehead atoms. The van der Waals surface area contributed by atoms with Gasteiger partial charge in [-0.25, -0.2) is 4.98 Å². The molecule has 3 saturated heterocycles.